The van der Waals surface area contributed by atoms with E-state index in [1.54, 1.807) is 9.45 Å². The van der Waals surface area contributed by atoms with Crippen LogP contribution in [0.3, 0.4) is 0 Å². The predicted molar refractivity (Wildman–Crippen MR) is 76.1 cm³/mol. The standard InChI is InChI=1S/C6H8P.C6H7.2ClH.Ti/c1-5-3-6(2)7-4-5;1-6-4-2-3-5-6;;;/h3-4H,1-2H3;2,4H,3H2,1H3;2*1H;. The van der Waals surface area contributed by atoms with Crippen LogP contribution in [0.4, 0.5) is 0 Å². The number of allylic oxidation sites excluding steroid dienone is 6. The van der Waals surface area contributed by atoms with Gasteiger partial charge in [-0.1, -0.05) is 0 Å². The molecule has 0 N–H and O–H groups in total. The van der Waals surface area contributed by atoms with Gasteiger partial charge in [-0.25, -0.2) is 0 Å². The molecule has 0 bridgehead atoms. The quantitative estimate of drug-likeness (QED) is 0.517. The van der Waals surface area contributed by atoms with Crippen LogP contribution < -0.4 is 0 Å². The molecule has 1 unspecified atom stereocenters. The van der Waals surface area contributed by atoms with Gasteiger partial charge in [-0.15, -0.1) is 24.8 Å². The molecular weight excluding hydrogens is 294 g/mol. The fraction of sp³-hybridized carbons (Fsp3) is 0.417. The molecule has 2 aliphatic rings. The Morgan fingerprint density at radius 3 is 2.44 bits per heavy atom. The molecule has 0 aromatic heterocycles. The van der Waals surface area contributed by atoms with Gasteiger partial charge in [-0.2, -0.15) is 0 Å². The maximum Gasteiger partial charge on any atom is -0.147 e. The molecule has 0 aromatic carbocycles. The fourth-order valence-electron chi connectivity index (χ4n) is 1.89. The molecular formula is C12H17Cl2PTi. The molecule has 0 aromatic rings. The number of hydrogen-bond donors (Lipinski definition) is 0. The Labute approximate surface area is 121 Å². The van der Waals surface area contributed by atoms with E-state index in [1.165, 1.54) is 20.2 Å². The van der Waals surface area contributed by atoms with E-state index in [9.17, 15) is 0 Å². The van der Waals surface area contributed by atoms with Crippen LogP contribution in [-0.4, -0.2) is 9.26 Å². The maximum absolute atomic E-state index is 2.48. The Balaban J connectivity index is 0.00000112. The summed E-state index contributed by atoms with van der Waals surface area (Å²) in [5.74, 6) is 2.36. The van der Waals surface area contributed by atoms with Gasteiger partial charge in [0.15, 0.2) is 0 Å². The Hall–Kier alpha value is 0.684. The van der Waals surface area contributed by atoms with Crippen molar-refractivity contribution >= 4 is 38.8 Å². The number of hydrogen-bond acceptors (Lipinski definition) is 0. The topological polar surface area (TPSA) is 0 Å². The van der Waals surface area contributed by atoms with Crippen LogP contribution in [0, 0.1) is 0 Å². The van der Waals surface area contributed by atoms with Crippen molar-refractivity contribution in [1.82, 2.24) is 0 Å². The van der Waals surface area contributed by atoms with Crippen molar-refractivity contribution in [3.8, 4) is 0 Å². The van der Waals surface area contributed by atoms with Crippen LogP contribution in [-0.2, 0) is 19.2 Å². The summed E-state index contributed by atoms with van der Waals surface area (Å²) >= 11 is 0.0194. The zero-order valence-electron chi connectivity index (χ0n) is 9.78. The van der Waals surface area contributed by atoms with E-state index < -0.39 is 0 Å². The van der Waals surface area contributed by atoms with Gasteiger partial charge < -0.3 is 0 Å². The van der Waals surface area contributed by atoms with Gasteiger partial charge in [-0.05, 0) is 0 Å². The predicted octanol–water partition coefficient (Wildman–Crippen LogP) is 4.57. The van der Waals surface area contributed by atoms with Crippen LogP contribution in [0.25, 0.3) is 0 Å². The summed E-state index contributed by atoms with van der Waals surface area (Å²) in [6, 6.07) is 0. The molecule has 16 heavy (non-hydrogen) atoms. The van der Waals surface area contributed by atoms with Crippen molar-refractivity contribution in [2.75, 3.05) is 0 Å². The largest absolute Gasteiger partial charge is 0.147 e. The molecule has 0 radical (unpaired) electrons. The van der Waals surface area contributed by atoms with Crippen molar-refractivity contribution in [2.24, 2.45) is 0 Å². The SMILES string of the molecule is CC1=C[C](C)([Ti][C]2=C(C)C=CC2)P=C1.Cl.Cl. The van der Waals surface area contributed by atoms with Gasteiger partial charge >= 0.3 is 97.1 Å². The molecule has 0 amide bonds. The Morgan fingerprint density at radius 1 is 1.31 bits per heavy atom. The summed E-state index contributed by atoms with van der Waals surface area (Å²) in [6.07, 6.45) is 8.30. The van der Waals surface area contributed by atoms with Crippen molar-refractivity contribution in [3.05, 3.63) is 33.3 Å². The molecule has 1 aliphatic carbocycles. The molecule has 2 rings (SSSR count). The first-order valence-electron chi connectivity index (χ1n) is 4.98. The van der Waals surface area contributed by atoms with Crippen LogP contribution in [0.5, 0.6) is 0 Å². The van der Waals surface area contributed by atoms with Crippen LogP contribution in [0.1, 0.15) is 27.2 Å². The van der Waals surface area contributed by atoms with Gasteiger partial charge in [-0.3, -0.25) is 0 Å². The van der Waals surface area contributed by atoms with E-state index in [4.69, 9.17) is 0 Å². The second-order valence-electron chi connectivity index (χ2n) is 4.19. The van der Waals surface area contributed by atoms with Gasteiger partial charge in [0, 0.05) is 0 Å². The van der Waals surface area contributed by atoms with E-state index in [1.807, 2.05) is 0 Å². The van der Waals surface area contributed by atoms with E-state index >= 15 is 0 Å². The maximum atomic E-state index is 2.48. The molecule has 88 valence electrons. The van der Waals surface area contributed by atoms with Gasteiger partial charge in [0.05, 0.1) is 0 Å². The second kappa shape index (κ2) is 6.57. The van der Waals surface area contributed by atoms with E-state index in [0.29, 0.717) is 3.46 Å². The molecule has 0 nitrogen and oxygen atoms in total. The first-order valence-corrected chi connectivity index (χ1v) is 7.51. The normalized spacial score (nSPS) is 27.3. The zero-order valence-corrected chi connectivity index (χ0v) is 13.9. The third kappa shape index (κ3) is 3.86. The van der Waals surface area contributed by atoms with Crippen molar-refractivity contribution in [1.29, 1.82) is 0 Å². The van der Waals surface area contributed by atoms with Crippen LogP contribution >= 0.6 is 33.0 Å². The summed E-state index contributed by atoms with van der Waals surface area (Å²) in [5.41, 5.74) is 3.02. The average molecular weight is 311 g/mol. The molecule has 4 heteroatoms. The Kier molecular flexibility index (Phi) is 6.85. The molecule has 0 spiro atoms. The molecule has 0 saturated carbocycles. The summed E-state index contributed by atoms with van der Waals surface area (Å²) in [5, 5.41) is 0. The second-order valence-corrected chi connectivity index (χ2v) is 9.24. The zero-order chi connectivity index (χ0) is 10.2. The fourth-order valence-corrected chi connectivity index (χ4v) is 6.15. The van der Waals surface area contributed by atoms with Crippen molar-refractivity contribution in [3.63, 3.8) is 0 Å². The molecule has 1 atom stereocenters. The summed E-state index contributed by atoms with van der Waals surface area (Å²) in [6.45, 7) is 6.90. The monoisotopic (exact) mass is 310 g/mol. The van der Waals surface area contributed by atoms with Crippen LogP contribution in [0.15, 0.2) is 33.3 Å². The third-order valence-corrected chi connectivity index (χ3v) is 7.30. The third-order valence-electron chi connectivity index (χ3n) is 2.61. The number of halogens is 2. The molecule has 0 saturated heterocycles. The smallest absolute Gasteiger partial charge is 0.147 e. The van der Waals surface area contributed by atoms with Gasteiger partial charge in [0.1, 0.15) is 0 Å². The molecule has 1 aliphatic heterocycles. The first kappa shape index (κ1) is 16.7. The summed E-state index contributed by atoms with van der Waals surface area (Å²) < 4.78 is 2.24. The summed E-state index contributed by atoms with van der Waals surface area (Å²) in [4.78, 5) is 0. The summed E-state index contributed by atoms with van der Waals surface area (Å²) in [7, 11) is 1.52. The van der Waals surface area contributed by atoms with Crippen molar-refractivity contribution in [2.45, 2.75) is 30.7 Å². The minimum atomic E-state index is 0. The van der Waals surface area contributed by atoms with Gasteiger partial charge in [0.25, 0.3) is 0 Å². The Bertz CT molecular complexity index is 382. The minimum Gasteiger partial charge on any atom is -0.147 e. The molecule has 1 heterocycles. The Morgan fingerprint density at radius 2 is 2.00 bits per heavy atom. The van der Waals surface area contributed by atoms with E-state index in [0.717, 1.165) is 0 Å². The number of rotatable bonds is 2. The minimum absolute atomic E-state index is 0. The van der Waals surface area contributed by atoms with E-state index in [2.05, 4.69) is 44.8 Å². The van der Waals surface area contributed by atoms with Gasteiger partial charge in [0.2, 0.25) is 0 Å². The van der Waals surface area contributed by atoms with Crippen LogP contribution in [0.2, 0.25) is 0 Å². The first-order chi connectivity index (χ1) is 6.59. The molecule has 0 fully saturated rings. The van der Waals surface area contributed by atoms with E-state index in [-0.39, 0.29) is 44.0 Å². The average Bonchev–Trinajstić information content (AvgIpc) is 2.62. The van der Waals surface area contributed by atoms with Crippen molar-refractivity contribution < 1.29 is 19.2 Å².